The molecule has 0 fully saturated rings. The third-order valence-electron chi connectivity index (χ3n) is 6.82. The number of hydrogen-bond acceptors (Lipinski definition) is 4. The van der Waals surface area contributed by atoms with Crippen molar-refractivity contribution in [2.45, 2.75) is 0 Å². The maximum Gasteiger partial charge on any atom is 0.194 e. The topological polar surface area (TPSA) is 52.6 Å². The van der Waals surface area contributed by atoms with Crippen molar-refractivity contribution in [3.63, 3.8) is 0 Å². The highest BCUT2D eigenvalue weighted by Gasteiger charge is 2.25. The van der Waals surface area contributed by atoms with E-state index in [0.29, 0.717) is 33.8 Å². The lowest BCUT2D eigenvalue weighted by Gasteiger charge is -2.17. The normalized spacial score (nSPS) is 11.3. The number of ketones is 2. The van der Waals surface area contributed by atoms with Gasteiger partial charge in [0.15, 0.2) is 11.6 Å². The first-order chi connectivity index (χ1) is 17.6. The fourth-order valence-corrected chi connectivity index (χ4v) is 5.02. The molecule has 6 aromatic carbocycles. The van der Waals surface area contributed by atoms with Crippen molar-refractivity contribution in [2.75, 3.05) is 14.2 Å². The van der Waals surface area contributed by atoms with Crippen LogP contribution in [-0.2, 0) is 0 Å². The van der Waals surface area contributed by atoms with E-state index in [1.807, 2.05) is 30.3 Å². The molecule has 4 heteroatoms. The minimum absolute atomic E-state index is 0.201. The zero-order valence-corrected chi connectivity index (χ0v) is 19.9. The van der Waals surface area contributed by atoms with E-state index in [1.165, 1.54) is 0 Å². The molecular formula is C32H22O4. The molecule has 0 radical (unpaired) electrons. The predicted octanol–water partition coefficient (Wildman–Crippen LogP) is 7.06. The largest absolute Gasteiger partial charge is 0.497 e. The molecule has 0 aromatic heterocycles. The molecule has 0 atom stereocenters. The molecular weight excluding hydrogens is 448 g/mol. The molecule has 0 heterocycles. The molecule has 0 amide bonds. The summed E-state index contributed by atoms with van der Waals surface area (Å²) in [7, 11) is 3.17. The van der Waals surface area contributed by atoms with Crippen molar-refractivity contribution in [3.05, 3.63) is 119 Å². The minimum Gasteiger partial charge on any atom is -0.497 e. The van der Waals surface area contributed by atoms with Crippen molar-refractivity contribution in [2.24, 2.45) is 0 Å². The van der Waals surface area contributed by atoms with Crippen LogP contribution in [0.2, 0.25) is 0 Å². The van der Waals surface area contributed by atoms with Crippen LogP contribution in [0.15, 0.2) is 97.1 Å². The van der Waals surface area contributed by atoms with Crippen LogP contribution in [-0.4, -0.2) is 25.8 Å². The van der Waals surface area contributed by atoms with Crippen LogP contribution >= 0.6 is 0 Å². The lowest BCUT2D eigenvalue weighted by molar-refractivity contribution is 0.100. The zero-order valence-electron chi connectivity index (χ0n) is 19.9. The van der Waals surface area contributed by atoms with Crippen LogP contribution in [0.3, 0.4) is 0 Å². The van der Waals surface area contributed by atoms with Gasteiger partial charge in [-0.25, -0.2) is 0 Å². The van der Waals surface area contributed by atoms with Crippen LogP contribution in [0.1, 0.15) is 31.8 Å². The summed E-state index contributed by atoms with van der Waals surface area (Å²) in [5.41, 5.74) is 1.78. The van der Waals surface area contributed by atoms with E-state index < -0.39 is 0 Å². The van der Waals surface area contributed by atoms with E-state index in [1.54, 1.807) is 62.8 Å². The predicted molar refractivity (Wildman–Crippen MR) is 143 cm³/mol. The standard InChI is InChI=1S/C32H22O4/c1-35-24-13-8-21(9-14-24)31(33)27-18-23-7-6-19-4-3-5-20-12-17-26(29(23)28(19)20)30(27)32(34)22-10-15-25(36-2)16-11-22/h3-18H,1-2H3. The smallest absolute Gasteiger partial charge is 0.194 e. The molecule has 0 unspecified atom stereocenters. The number of methoxy groups -OCH3 is 2. The zero-order chi connectivity index (χ0) is 24.8. The highest BCUT2D eigenvalue weighted by atomic mass is 16.5. The van der Waals surface area contributed by atoms with Crippen molar-refractivity contribution in [1.82, 2.24) is 0 Å². The second-order valence-corrected chi connectivity index (χ2v) is 8.77. The molecule has 6 rings (SSSR count). The van der Waals surface area contributed by atoms with Crippen molar-refractivity contribution in [1.29, 1.82) is 0 Å². The Balaban J connectivity index is 1.65. The van der Waals surface area contributed by atoms with E-state index in [0.717, 1.165) is 32.3 Å². The molecule has 0 saturated carbocycles. The summed E-state index contributed by atoms with van der Waals surface area (Å²) in [6, 6.07) is 30.1. The second-order valence-electron chi connectivity index (χ2n) is 8.77. The third-order valence-corrected chi connectivity index (χ3v) is 6.82. The molecule has 0 saturated heterocycles. The first-order valence-electron chi connectivity index (χ1n) is 11.7. The average molecular weight is 471 g/mol. The number of carbonyl (C=O) groups excluding carboxylic acids is 2. The fourth-order valence-electron chi connectivity index (χ4n) is 5.02. The highest BCUT2D eigenvalue weighted by Crippen LogP contribution is 2.39. The van der Waals surface area contributed by atoms with Crippen LogP contribution in [0.5, 0.6) is 11.5 Å². The van der Waals surface area contributed by atoms with Gasteiger partial charge in [0, 0.05) is 22.3 Å². The van der Waals surface area contributed by atoms with E-state index in [9.17, 15) is 9.59 Å². The Kier molecular flexibility index (Phi) is 5.15. The van der Waals surface area contributed by atoms with Gasteiger partial charge < -0.3 is 9.47 Å². The maximum absolute atomic E-state index is 14.0. The molecule has 6 aromatic rings. The summed E-state index contributed by atoms with van der Waals surface area (Å²) in [6.07, 6.45) is 0. The monoisotopic (exact) mass is 470 g/mol. The van der Waals surface area contributed by atoms with E-state index in [-0.39, 0.29) is 11.6 Å². The van der Waals surface area contributed by atoms with Crippen LogP contribution in [0.25, 0.3) is 32.3 Å². The molecule has 0 spiro atoms. The Morgan fingerprint density at radius 3 is 1.67 bits per heavy atom. The quantitative estimate of drug-likeness (QED) is 0.193. The van der Waals surface area contributed by atoms with Crippen molar-refractivity contribution >= 4 is 43.9 Å². The molecule has 0 bridgehead atoms. The summed E-state index contributed by atoms with van der Waals surface area (Å²) in [5, 5.41) is 5.99. The summed E-state index contributed by atoms with van der Waals surface area (Å²) in [5.74, 6) is 0.917. The van der Waals surface area contributed by atoms with E-state index in [2.05, 4.69) is 18.2 Å². The molecule has 36 heavy (non-hydrogen) atoms. The number of carbonyl (C=O) groups is 2. The Morgan fingerprint density at radius 1 is 0.556 bits per heavy atom. The summed E-state index contributed by atoms with van der Waals surface area (Å²) in [6.45, 7) is 0. The Labute approximate surface area is 208 Å². The van der Waals surface area contributed by atoms with Gasteiger partial charge in [-0.1, -0.05) is 42.5 Å². The SMILES string of the molecule is COc1ccc(C(=O)c2cc3ccc4cccc5ccc(c2C(=O)c2ccc(OC)cc2)c3c45)cc1. The molecule has 4 nitrogen and oxygen atoms in total. The summed E-state index contributed by atoms with van der Waals surface area (Å²) < 4.78 is 10.5. The van der Waals surface area contributed by atoms with Crippen LogP contribution in [0, 0.1) is 0 Å². The van der Waals surface area contributed by atoms with Crippen LogP contribution < -0.4 is 9.47 Å². The third kappa shape index (κ3) is 3.38. The van der Waals surface area contributed by atoms with Crippen molar-refractivity contribution in [3.8, 4) is 11.5 Å². The van der Waals surface area contributed by atoms with Gasteiger partial charge in [-0.05, 0) is 86.9 Å². The van der Waals surface area contributed by atoms with Gasteiger partial charge in [-0.3, -0.25) is 9.59 Å². The van der Waals surface area contributed by atoms with Crippen molar-refractivity contribution < 1.29 is 19.1 Å². The minimum atomic E-state index is -0.208. The first-order valence-corrected chi connectivity index (χ1v) is 11.7. The Morgan fingerprint density at radius 2 is 1.08 bits per heavy atom. The first kappa shape index (κ1) is 21.8. The van der Waals surface area contributed by atoms with Gasteiger partial charge in [0.05, 0.1) is 14.2 Å². The van der Waals surface area contributed by atoms with Gasteiger partial charge in [-0.15, -0.1) is 0 Å². The molecule has 0 aliphatic carbocycles. The summed E-state index contributed by atoms with van der Waals surface area (Å²) in [4.78, 5) is 27.9. The van der Waals surface area contributed by atoms with Gasteiger partial charge >= 0.3 is 0 Å². The second kappa shape index (κ2) is 8.51. The Hall–Kier alpha value is -4.70. The average Bonchev–Trinajstić information content (AvgIpc) is 2.94. The summed E-state index contributed by atoms with van der Waals surface area (Å²) >= 11 is 0. The highest BCUT2D eigenvalue weighted by molar-refractivity contribution is 6.32. The Bertz CT molecular complexity index is 1750. The lowest BCUT2D eigenvalue weighted by Crippen LogP contribution is -2.12. The molecule has 0 aliphatic heterocycles. The number of ether oxygens (including phenoxy) is 2. The lowest BCUT2D eigenvalue weighted by atomic mass is 9.84. The van der Waals surface area contributed by atoms with E-state index >= 15 is 0 Å². The van der Waals surface area contributed by atoms with Gasteiger partial charge in [0.25, 0.3) is 0 Å². The maximum atomic E-state index is 14.0. The number of benzene rings is 6. The fraction of sp³-hybridized carbons (Fsp3) is 0.0625. The molecule has 0 aliphatic rings. The molecule has 0 N–H and O–H groups in total. The number of rotatable bonds is 6. The number of hydrogen-bond donors (Lipinski definition) is 0. The van der Waals surface area contributed by atoms with E-state index in [4.69, 9.17) is 9.47 Å². The van der Waals surface area contributed by atoms with Gasteiger partial charge in [0.1, 0.15) is 11.5 Å². The van der Waals surface area contributed by atoms with Crippen LogP contribution in [0.4, 0.5) is 0 Å². The molecule has 174 valence electrons. The van der Waals surface area contributed by atoms with Gasteiger partial charge in [0.2, 0.25) is 0 Å². The van der Waals surface area contributed by atoms with Gasteiger partial charge in [-0.2, -0.15) is 0 Å².